The van der Waals surface area contributed by atoms with Crippen LogP contribution in [0, 0.1) is 13.8 Å². The summed E-state index contributed by atoms with van der Waals surface area (Å²) in [4.78, 5) is 25.3. The van der Waals surface area contributed by atoms with Gasteiger partial charge in [-0.15, -0.1) is 0 Å². The van der Waals surface area contributed by atoms with Gasteiger partial charge in [-0.1, -0.05) is 38.5 Å². The summed E-state index contributed by atoms with van der Waals surface area (Å²) < 4.78 is 1.75. The number of anilines is 1. The average Bonchev–Trinajstić information content (AvgIpc) is 2.96. The lowest BCUT2D eigenvalue weighted by Gasteiger charge is -2.14. The molecule has 0 aliphatic heterocycles. The molecule has 0 atom stereocenters. The van der Waals surface area contributed by atoms with Gasteiger partial charge in [-0.2, -0.15) is 5.10 Å². The third-order valence-electron chi connectivity index (χ3n) is 4.13. The van der Waals surface area contributed by atoms with E-state index in [0.717, 1.165) is 22.5 Å². The molecule has 1 aromatic carbocycles. The molecule has 0 unspecified atom stereocenters. The van der Waals surface area contributed by atoms with Crippen molar-refractivity contribution in [3.63, 3.8) is 0 Å². The van der Waals surface area contributed by atoms with E-state index in [1.165, 1.54) is 4.90 Å². The standard InChI is InChI=1S/C20H29N5O2/c1-13-8-9-15(14(2)10-13)25-17(11-16(23-25)20(3,4)5)22-18(26)12-21-19(27)24(6)7/h8-11H,12H2,1-7H3,(H,21,27)(H,22,26). The van der Waals surface area contributed by atoms with Crippen molar-refractivity contribution in [3.8, 4) is 5.69 Å². The van der Waals surface area contributed by atoms with Crippen LogP contribution in [0.2, 0.25) is 0 Å². The Hall–Kier alpha value is -2.83. The second-order valence-corrected chi connectivity index (χ2v) is 7.97. The summed E-state index contributed by atoms with van der Waals surface area (Å²) in [5.41, 5.74) is 3.84. The van der Waals surface area contributed by atoms with Crippen LogP contribution in [0.15, 0.2) is 24.3 Å². The van der Waals surface area contributed by atoms with Crippen LogP contribution in [0.5, 0.6) is 0 Å². The van der Waals surface area contributed by atoms with Crippen LogP contribution in [-0.2, 0) is 10.2 Å². The number of aromatic nitrogens is 2. The zero-order valence-corrected chi connectivity index (χ0v) is 17.2. The summed E-state index contributed by atoms with van der Waals surface area (Å²) in [6, 6.07) is 7.65. The molecule has 7 heteroatoms. The summed E-state index contributed by atoms with van der Waals surface area (Å²) in [5, 5.41) is 10.2. The third kappa shape index (κ3) is 5.09. The number of nitrogens with one attached hydrogen (secondary N) is 2. The summed E-state index contributed by atoms with van der Waals surface area (Å²) in [5.74, 6) is 0.271. The highest BCUT2D eigenvalue weighted by atomic mass is 16.2. The molecule has 0 saturated carbocycles. The summed E-state index contributed by atoms with van der Waals surface area (Å²) in [6.07, 6.45) is 0. The second kappa shape index (κ2) is 7.82. The Kier molecular flexibility index (Phi) is 5.93. The monoisotopic (exact) mass is 371 g/mol. The van der Waals surface area contributed by atoms with E-state index in [2.05, 4.69) is 37.5 Å². The molecule has 146 valence electrons. The van der Waals surface area contributed by atoms with Gasteiger partial charge in [0.25, 0.3) is 0 Å². The number of urea groups is 1. The smallest absolute Gasteiger partial charge is 0.317 e. The van der Waals surface area contributed by atoms with Crippen molar-refractivity contribution >= 4 is 17.8 Å². The van der Waals surface area contributed by atoms with E-state index in [0.29, 0.717) is 5.82 Å². The Labute approximate surface area is 160 Å². The van der Waals surface area contributed by atoms with E-state index in [4.69, 9.17) is 5.10 Å². The Balaban J connectivity index is 2.33. The van der Waals surface area contributed by atoms with Gasteiger partial charge in [0.05, 0.1) is 17.9 Å². The highest BCUT2D eigenvalue weighted by Crippen LogP contribution is 2.27. The molecule has 0 aliphatic rings. The molecular formula is C20H29N5O2. The van der Waals surface area contributed by atoms with Crippen molar-refractivity contribution in [2.45, 2.75) is 40.0 Å². The molecule has 1 aromatic heterocycles. The van der Waals surface area contributed by atoms with Gasteiger partial charge < -0.3 is 15.5 Å². The number of hydrogen-bond donors (Lipinski definition) is 2. The van der Waals surface area contributed by atoms with Crippen molar-refractivity contribution in [2.75, 3.05) is 26.0 Å². The lowest BCUT2D eigenvalue weighted by Crippen LogP contribution is -2.39. The number of benzene rings is 1. The molecule has 0 aliphatic carbocycles. The predicted molar refractivity (Wildman–Crippen MR) is 107 cm³/mol. The lowest BCUT2D eigenvalue weighted by atomic mass is 9.92. The van der Waals surface area contributed by atoms with Crippen molar-refractivity contribution in [1.82, 2.24) is 20.0 Å². The fourth-order valence-corrected chi connectivity index (χ4v) is 2.56. The van der Waals surface area contributed by atoms with E-state index >= 15 is 0 Å². The molecule has 27 heavy (non-hydrogen) atoms. The van der Waals surface area contributed by atoms with Gasteiger partial charge in [-0.05, 0) is 25.5 Å². The number of amides is 3. The number of aryl methyl sites for hydroxylation is 2. The first kappa shape index (κ1) is 20.5. The first-order valence-corrected chi connectivity index (χ1v) is 8.92. The Morgan fingerprint density at radius 2 is 1.81 bits per heavy atom. The van der Waals surface area contributed by atoms with Gasteiger partial charge in [0.2, 0.25) is 5.91 Å². The van der Waals surface area contributed by atoms with Gasteiger partial charge in [-0.25, -0.2) is 9.48 Å². The fraction of sp³-hybridized carbons (Fsp3) is 0.450. The Bertz CT molecular complexity index is 847. The van der Waals surface area contributed by atoms with E-state index in [9.17, 15) is 9.59 Å². The Morgan fingerprint density at radius 1 is 1.15 bits per heavy atom. The minimum absolute atomic E-state index is 0.111. The number of hydrogen-bond acceptors (Lipinski definition) is 3. The average molecular weight is 371 g/mol. The van der Waals surface area contributed by atoms with Crippen LogP contribution in [0.4, 0.5) is 10.6 Å². The molecule has 3 amide bonds. The van der Waals surface area contributed by atoms with Crippen molar-refractivity contribution in [1.29, 1.82) is 0 Å². The maximum absolute atomic E-state index is 12.3. The third-order valence-corrected chi connectivity index (χ3v) is 4.13. The van der Waals surface area contributed by atoms with Crippen molar-refractivity contribution < 1.29 is 9.59 Å². The second-order valence-electron chi connectivity index (χ2n) is 7.97. The van der Waals surface area contributed by atoms with Crippen molar-refractivity contribution in [2.24, 2.45) is 0 Å². The van der Waals surface area contributed by atoms with Crippen LogP contribution >= 0.6 is 0 Å². The van der Waals surface area contributed by atoms with Crippen LogP contribution < -0.4 is 10.6 Å². The minimum Gasteiger partial charge on any atom is -0.331 e. The van der Waals surface area contributed by atoms with Crippen LogP contribution in [-0.4, -0.2) is 47.3 Å². The first-order valence-electron chi connectivity index (χ1n) is 8.92. The quantitative estimate of drug-likeness (QED) is 0.867. The maximum atomic E-state index is 12.3. The van der Waals surface area contributed by atoms with Crippen LogP contribution in [0.1, 0.15) is 37.6 Å². The normalized spacial score (nSPS) is 11.2. The molecule has 0 radical (unpaired) electrons. The van der Waals surface area contributed by atoms with Crippen LogP contribution in [0.25, 0.3) is 5.69 Å². The Morgan fingerprint density at radius 3 is 2.37 bits per heavy atom. The number of rotatable bonds is 4. The first-order chi connectivity index (χ1) is 12.5. The summed E-state index contributed by atoms with van der Waals surface area (Å²) in [7, 11) is 3.25. The lowest BCUT2D eigenvalue weighted by molar-refractivity contribution is -0.115. The van der Waals surface area contributed by atoms with E-state index in [1.54, 1.807) is 18.8 Å². The zero-order valence-electron chi connectivity index (χ0n) is 17.2. The number of carbonyl (C=O) groups excluding carboxylic acids is 2. The molecule has 7 nitrogen and oxygen atoms in total. The molecule has 0 fully saturated rings. The SMILES string of the molecule is Cc1ccc(-n2nc(C(C)(C)C)cc2NC(=O)CNC(=O)N(C)C)c(C)c1. The molecule has 0 saturated heterocycles. The van der Waals surface area contributed by atoms with Gasteiger partial charge >= 0.3 is 6.03 Å². The topological polar surface area (TPSA) is 79.3 Å². The molecule has 2 N–H and O–H groups in total. The predicted octanol–water partition coefficient (Wildman–Crippen LogP) is 3.00. The summed E-state index contributed by atoms with van der Waals surface area (Å²) in [6.45, 7) is 10.2. The molecule has 1 heterocycles. The van der Waals surface area contributed by atoms with Gasteiger partial charge in [0.15, 0.2) is 0 Å². The maximum Gasteiger partial charge on any atom is 0.317 e. The minimum atomic E-state index is -0.316. The summed E-state index contributed by atoms with van der Waals surface area (Å²) >= 11 is 0. The largest absolute Gasteiger partial charge is 0.331 e. The molecule has 2 aromatic rings. The van der Waals surface area contributed by atoms with Crippen molar-refractivity contribution in [3.05, 3.63) is 41.1 Å². The van der Waals surface area contributed by atoms with Gasteiger partial charge in [0, 0.05) is 25.6 Å². The number of carbonyl (C=O) groups is 2. The fourth-order valence-electron chi connectivity index (χ4n) is 2.56. The molecule has 2 rings (SSSR count). The molecule has 0 spiro atoms. The van der Waals surface area contributed by atoms with E-state index < -0.39 is 0 Å². The molecule has 0 bridgehead atoms. The van der Waals surface area contributed by atoms with Crippen LogP contribution in [0.3, 0.4) is 0 Å². The number of nitrogens with zero attached hydrogens (tertiary/aromatic N) is 3. The van der Waals surface area contributed by atoms with E-state index in [-0.39, 0.29) is 23.9 Å². The van der Waals surface area contributed by atoms with Gasteiger partial charge in [0.1, 0.15) is 5.82 Å². The highest BCUT2D eigenvalue weighted by molar-refractivity contribution is 5.94. The highest BCUT2D eigenvalue weighted by Gasteiger charge is 2.22. The molecular weight excluding hydrogens is 342 g/mol. The van der Waals surface area contributed by atoms with E-state index in [1.807, 2.05) is 32.0 Å². The zero-order chi connectivity index (χ0) is 20.4. The van der Waals surface area contributed by atoms with Gasteiger partial charge in [-0.3, -0.25) is 4.79 Å².